The Morgan fingerprint density at radius 1 is 1.00 bits per heavy atom. The van der Waals surface area contributed by atoms with E-state index in [2.05, 4.69) is 33.5 Å². The van der Waals surface area contributed by atoms with Crippen molar-refractivity contribution in [3.05, 3.63) is 70.2 Å². The zero-order chi connectivity index (χ0) is 16.7. The lowest BCUT2D eigenvalue weighted by Gasteiger charge is -2.13. The Balaban J connectivity index is 1.75. The summed E-state index contributed by atoms with van der Waals surface area (Å²) >= 11 is 3.31. The topological polar surface area (TPSA) is 58.2 Å². The summed E-state index contributed by atoms with van der Waals surface area (Å²) in [7, 11) is 0. The summed E-state index contributed by atoms with van der Waals surface area (Å²) in [5.41, 5.74) is 1.70. The molecule has 0 unspecified atom stereocenters. The van der Waals surface area contributed by atoms with Gasteiger partial charge in [-0.05, 0) is 35.7 Å². The van der Waals surface area contributed by atoms with Crippen LogP contribution in [0, 0.1) is 0 Å². The number of hydrogen-bond acceptors (Lipinski definition) is 2. The first kappa shape index (κ1) is 17.2. The van der Waals surface area contributed by atoms with E-state index in [1.54, 1.807) is 24.3 Å². The second-order valence-corrected chi connectivity index (χ2v) is 6.22. The molecule has 0 aromatic heterocycles. The van der Waals surface area contributed by atoms with E-state index in [1.165, 1.54) is 5.56 Å². The fourth-order valence-corrected chi connectivity index (χ4v) is 2.36. The van der Waals surface area contributed by atoms with Crippen LogP contribution in [0.2, 0.25) is 0 Å². The SMILES string of the molecule is C[C@H](CNC(=O)CNC(=O)c1ccc(Br)cc1)c1ccccc1. The largest absolute Gasteiger partial charge is 0.354 e. The van der Waals surface area contributed by atoms with Gasteiger partial charge in [0.2, 0.25) is 5.91 Å². The Kier molecular flexibility index (Phi) is 6.35. The Labute approximate surface area is 144 Å². The van der Waals surface area contributed by atoms with Gasteiger partial charge in [-0.1, -0.05) is 53.2 Å². The molecule has 0 saturated carbocycles. The third kappa shape index (κ3) is 5.53. The molecule has 0 spiro atoms. The van der Waals surface area contributed by atoms with Crippen LogP contribution in [0.3, 0.4) is 0 Å². The summed E-state index contributed by atoms with van der Waals surface area (Å²) < 4.78 is 0.904. The molecule has 5 heteroatoms. The third-order valence-corrected chi connectivity index (χ3v) is 4.02. The van der Waals surface area contributed by atoms with Crippen molar-refractivity contribution < 1.29 is 9.59 Å². The van der Waals surface area contributed by atoms with Crippen molar-refractivity contribution in [2.45, 2.75) is 12.8 Å². The van der Waals surface area contributed by atoms with Crippen molar-refractivity contribution in [3.8, 4) is 0 Å². The van der Waals surface area contributed by atoms with Crippen molar-refractivity contribution in [2.24, 2.45) is 0 Å². The van der Waals surface area contributed by atoms with E-state index in [0.29, 0.717) is 12.1 Å². The van der Waals surface area contributed by atoms with Crippen LogP contribution in [0.15, 0.2) is 59.1 Å². The fraction of sp³-hybridized carbons (Fsp3) is 0.222. The van der Waals surface area contributed by atoms with Crippen LogP contribution in [0.25, 0.3) is 0 Å². The molecule has 2 amide bonds. The molecular weight excluding hydrogens is 356 g/mol. The Bertz CT molecular complexity index is 656. The van der Waals surface area contributed by atoms with Gasteiger partial charge in [0.1, 0.15) is 0 Å². The highest BCUT2D eigenvalue weighted by atomic mass is 79.9. The van der Waals surface area contributed by atoms with Crippen molar-refractivity contribution >= 4 is 27.7 Å². The third-order valence-electron chi connectivity index (χ3n) is 3.49. The Morgan fingerprint density at radius 2 is 1.65 bits per heavy atom. The summed E-state index contributed by atoms with van der Waals surface area (Å²) in [4.78, 5) is 23.7. The summed E-state index contributed by atoms with van der Waals surface area (Å²) in [6, 6.07) is 17.0. The van der Waals surface area contributed by atoms with Gasteiger partial charge in [-0.15, -0.1) is 0 Å². The van der Waals surface area contributed by atoms with Crippen molar-refractivity contribution in [1.82, 2.24) is 10.6 Å². The molecule has 23 heavy (non-hydrogen) atoms. The van der Waals surface area contributed by atoms with Crippen LogP contribution >= 0.6 is 15.9 Å². The average molecular weight is 375 g/mol. The predicted octanol–water partition coefficient (Wildman–Crippen LogP) is 3.10. The molecule has 0 bridgehead atoms. The molecule has 0 aliphatic carbocycles. The van der Waals surface area contributed by atoms with Crippen LogP contribution in [0.1, 0.15) is 28.8 Å². The normalized spacial score (nSPS) is 11.6. The molecule has 0 heterocycles. The lowest BCUT2D eigenvalue weighted by molar-refractivity contribution is -0.120. The minimum absolute atomic E-state index is 0.0313. The maximum absolute atomic E-state index is 11.9. The fourth-order valence-electron chi connectivity index (χ4n) is 2.09. The van der Waals surface area contributed by atoms with Crippen LogP contribution in [-0.2, 0) is 4.79 Å². The first-order valence-corrected chi connectivity index (χ1v) is 8.21. The molecule has 0 saturated heterocycles. The van der Waals surface area contributed by atoms with Gasteiger partial charge in [0.15, 0.2) is 0 Å². The van der Waals surface area contributed by atoms with Gasteiger partial charge in [0.25, 0.3) is 5.91 Å². The molecule has 2 aromatic rings. The molecule has 0 fully saturated rings. The number of nitrogens with one attached hydrogen (secondary N) is 2. The van der Waals surface area contributed by atoms with Gasteiger partial charge in [-0.25, -0.2) is 0 Å². The minimum atomic E-state index is -0.260. The highest BCUT2D eigenvalue weighted by Crippen LogP contribution is 2.13. The van der Waals surface area contributed by atoms with Crippen molar-refractivity contribution in [1.29, 1.82) is 0 Å². The van der Waals surface area contributed by atoms with E-state index in [9.17, 15) is 9.59 Å². The van der Waals surface area contributed by atoms with E-state index >= 15 is 0 Å². The first-order valence-electron chi connectivity index (χ1n) is 7.41. The molecule has 2 N–H and O–H groups in total. The van der Waals surface area contributed by atoms with E-state index in [1.807, 2.05) is 30.3 Å². The van der Waals surface area contributed by atoms with Crippen LogP contribution < -0.4 is 10.6 Å². The summed E-state index contributed by atoms with van der Waals surface area (Å²) in [6.45, 7) is 2.56. The summed E-state index contributed by atoms with van der Waals surface area (Å²) in [5, 5.41) is 5.45. The molecule has 0 aliphatic heterocycles. The Morgan fingerprint density at radius 3 is 2.30 bits per heavy atom. The maximum Gasteiger partial charge on any atom is 0.251 e. The number of carbonyl (C=O) groups excluding carboxylic acids is 2. The summed E-state index contributed by atoms with van der Waals surface area (Å²) in [5.74, 6) is -0.232. The smallest absolute Gasteiger partial charge is 0.251 e. The molecule has 2 aromatic carbocycles. The van der Waals surface area contributed by atoms with E-state index in [0.717, 1.165) is 4.47 Å². The molecule has 4 nitrogen and oxygen atoms in total. The van der Waals surface area contributed by atoms with Crippen LogP contribution in [0.5, 0.6) is 0 Å². The zero-order valence-corrected chi connectivity index (χ0v) is 14.5. The highest BCUT2D eigenvalue weighted by molar-refractivity contribution is 9.10. The van der Waals surface area contributed by atoms with E-state index < -0.39 is 0 Å². The van der Waals surface area contributed by atoms with Gasteiger partial charge in [-0.3, -0.25) is 9.59 Å². The predicted molar refractivity (Wildman–Crippen MR) is 94.3 cm³/mol. The zero-order valence-electron chi connectivity index (χ0n) is 12.9. The number of halogens is 1. The number of hydrogen-bond donors (Lipinski definition) is 2. The summed E-state index contributed by atoms with van der Waals surface area (Å²) in [6.07, 6.45) is 0. The number of benzene rings is 2. The molecule has 2 rings (SSSR count). The van der Waals surface area contributed by atoms with Gasteiger partial charge >= 0.3 is 0 Å². The monoisotopic (exact) mass is 374 g/mol. The van der Waals surface area contributed by atoms with E-state index in [-0.39, 0.29) is 24.3 Å². The quantitative estimate of drug-likeness (QED) is 0.815. The van der Waals surface area contributed by atoms with Crippen LogP contribution in [0.4, 0.5) is 0 Å². The van der Waals surface area contributed by atoms with Crippen molar-refractivity contribution in [2.75, 3.05) is 13.1 Å². The molecule has 120 valence electrons. The Hall–Kier alpha value is -2.14. The number of amides is 2. The van der Waals surface area contributed by atoms with Gasteiger partial charge in [0.05, 0.1) is 6.54 Å². The van der Waals surface area contributed by atoms with Gasteiger partial charge in [-0.2, -0.15) is 0 Å². The van der Waals surface area contributed by atoms with Crippen molar-refractivity contribution in [3.63, 3.8) is 0 Å². The number of carbonyl (C=O) groups is 2. The number of rotatable bonds is 6. The lowest BCUT2D eigenvalue weighted by Crippen LogP contribution is -2.38. The molecule has 0 radical (unpaired) electrons. The molecule has 0 aliphatic rings. The highest BCUT2D eigenvalue weighted by Gasteiger charge is 2.10. The molecule has 1 atom stereocenters. The van der Waals surface area contributed by atoms with Crippen LogP contribution in [-0.4, -0.2) is 24.9 Å². The second-order valence-electron chi connectivity index (χ2n) is 5.31. The maximum atomic E-state index is 11.9. The average Bonchev–Trinajstić information content (AvgIpc) is 2.59. The standard InChI is InChI=1S/C18H19BrN2O2/c1-13(14-5-3-2-4-6-14)11-20-17(22)12-21-18(23)15-7-9-16(19)10-8-15/h2-10,13H,11-12H2,1H3,(H,20,22)(H,21,23)/t13-/m1/s1. The lowest BCUT2D eigenvalue weighted by atomic mass is 10.0. The molecular formula is C18H19BrN2O2. The van der Waals surface area contributed by atoms with Gasteiger partial charge < -0.3 is 10.6 Å². The first-order chi connectivity index (χ1) is 11.1. The minimum Gasteiger partial charge on any atom is -0.354 e. The van der Waals surface area contributed by atoms with E-state index in [4.69, 9.17) is 0 Å². The second kappa shape index (κ2) is 8.48. The van der Waals surface area contributed by atoms with Gasteiger partial charge in [0, 0.05) is 16.6 Å².